The van der Waals surface area contributed by atoms with Crippen molar-refractivity contribution in [3.8, 4) is 5.75 Å². The summed E-state index contributed by atoms with van der Waals surface area (Å²) in [6, 6.07) is 4.11. The largest absolute Gasteiger partial charge is 0.496 e. The highest BCUT2D eigenvalue weighted by atomic mass is 19.1. The number of likely N-dealkylation sites (tertiary alicyclic amines) is 1. The highest BCUT2D eigenvalue weighted by Crippen LogP contribution is 2.25. The molecule has 1 amide bonds. The molecule has 1 aromatic carbocycles. The molecule has 5 nitrogen and oxygen atoms in total. The van der Waals surface area contributed by atoms with Gasteiger partial charge >= 0.3 is 5.97 Å². The van der Waals surface area contributed by atoms with Crippen LogP contribution in [0.25, 0.3) is 0 Å². The van der Waals surface area contributed by atoms with E-state index >= 15 is 0 Å². The molecule has 1 aromatic rings. The number of benzene rings is 1. The molecular weight excluding hydrogens is 325 g/mol. The number of carbonyl (C=O) groups is 2. The quantitative estimate of drug-likeness (QED) is 0.782. The van der Waals surface area contributed by atoms with Crippen molar-refractivity contribution in [2.24, 2.45) is 11.3 Å². The predicted molar refractivity (Wildman–Crippen MR) is 91.5 cm³/mol. The van der Waals surface area contributed by atoms with Gasteiger partial charge in [-0.15, -0.1) is 0 Å². The Bertz CT molecular complexity index is 631. The molecular formula is C19H26FNO4. The zero-order valence-corrected chi connectivity index (χ0v) is 15.3. The molecule has 25 heavy (non-hydrogen) atoms. The summed E-state index contributed by atoms with van der Waals surface area (Å²) < 4.78 is 23.8. The highest BCUT2D eigenvalue weighted by molar-refractivity contribution is 5.82. The van der Waals surface area contributed by atoms with Crippen LogP contribution in [0.4, 0.5) is 4.39 Å². The van der Waals surface area contributed by atoms with Gasteiger partial charge in [-0.2, -0.15) is 0 Å². The topological polar surface area (TPSA) is 55.8 Å². The minimum atomic E-state index is -0.415. The fourth-order valence-electron chi connectivity index (χ4n) is 2.92. The molecule has 0 spiro atoms. The molecule has 1 heterocycles. The first-order valence-corrected chi connectivity index (χ1v) is 8.51. The molecule has 0 atom stereocenters. The number of hydrogen-bond donors (Lipinski definition) is 0. The van der Waals surface area contributed by atoms with E-state index in [2.05, 4.69) is 0 Å². The van der Waals surface area contributed by atoms with E-state index in [0.29, 0.717) is 37.2 Å². The summed E-state index contributed by atoms with van der Waals surface area (Å²) in [7, 11) is 1.49. The lowest BCUT2D eigenvalue weighted by molar-refractivity contribution is -0.154. The highest BCUT2D eigenvalue weighted by Gasteiger charge is 2.33. The van der Waals surface area contributed by atoms with Gasteiger partial charge in [0, 0.05) is 24.1 Å². The Morgan fingerprint density at radius 3 is 2.44 bits per heavy atom. The summed E-state index contributed by atoms with van der Waals surface area (Å²) in [5.41, 5.74) is 0.0811. The van der Waals surface area contributed by atoms with Crippen molar-refractivity contribution in [2.75, 3.05) is 20.2 Å². The molecule has 1 aliphatic heterocycles. The lowest BCUT2D eigenvalue weighted by Crippen LogP contribution is -2.45. The SMILES string of the molecule is COc1ccc(F)cc1COC(=O)C1CCN(C(=O)C(C)(C)C)CC1. The second-order valence-corrected chi connectivity index (χ2v) is 7.38. The Morgan fingerprint density at radius 2 is 1.88 bits per heavy atom. The second-order valence-electron chi connectivity index (χ2n) is 7.38. The number of halogens is 1. The summed E-state index contributed by atoms with van der Waals surface area (Å²) in [6.07, 6.45) is 1.17. The fraction of sp³-hybridized carbons (Fsp3) is 0.579. The third-order valence-corrected chi connectivity index (χ3v) is 4.37. The first-order valence-electron chi connectivity index (χ1n) is 8.51. The van der Waals surface area contributed by atoms with Crippen LogP contribution in [0.1, 0.15) is 39.2 Å². The monoisotopic (exact) mass is 351 g/mol. The van der Waals surface area contributed by atoms with E-state index in [1.54, 1.807) is 4.90 Å². The number of amides is 1. The van der Waals surface area contributed by atoms with Gasteiger partial charge in [0.2, 0.25) is 5.91 Å². The Labute approximate surface area is 148 Å². The summed E-state index contributed by atoms with van der Waals surface area (Å²) in [5.74, 6) is -0.359. The molecule has 0 bridgehead atoms. The molecule has 138 valence electrons. The van der Waals surface area contributed by atoms with Crippen LogP contribution in [0, 0.1) is 17.2 Å². The molecule has 6 heteroatoms. The first-order chi connectivity index (χ1) is 11.7. The minimum absolute atomic E-state index is 0.0269. The number of piperidine rings is 1. The van der Waals surface area contributed by atoms with Gasteiger partial charge in [0.15, 0.2) is 0 Å². The average Bonchev–Trinajstić information content (AvgIpc) is 2.58. The maximum Gasteiger partial charge on any atom is 0.309 e. The number of hydrogen-bond acceptors (Lipinski definition) is 4. The summed E-state index contributed by atoms with van der Waals surface area (Å²) in [5, 5.41) is 0. The minimum Gasteiger partial charge on any atom is -0.496 e. The van der Waals surface area contributed by atoms with Gasteiger partial charge < -0.3 is 14.4 Å². The van der Waals surface area contributed by atoms with Crippen LogP contribution in [-0.2, 0) is 20.9 Å². The number of rotatable bonds is 4. The van der Waals surface area contributed by atoms with E-state index in [4.69, 9.17) is 9.47 Å². The van der Waals surface area contributed by atoms with Gasteiger partial charge in [0.05, 0.1) is 13.0 Å². The standard InChI is InChI=1S/C19H26FNO4/c1-19(2,3)18(23)21-9-7-13(8-10-21)17(22)25-12-14-11-15(20)5-6-16(14)24-4/h5-6,11,13H,7-10,12H2,1-4H3. The zero-order chi connectivity index (χ0) is 18.6. The maximum atomic E-state index is 13.3. The van der Waals surface area contributed by atoms with Crippen LogP contribution in [0.3, 0.4) is 0 Å². The molecule has 0 radical (unpaired) electrons. The van der Waals surface area contributed by atoms with E-state index in [-0.39, 0.29) is 24.4 Å². The fourth-order valence-corrected chi connectivity index (χ4v) is 2.92. The van der Waals surface area contributed by atoms with Crippen molar-refractivity contribution in [1.29, 1.82) is 0 Å². The van der Waals surface area contributed by atoms with E-state index in [9.17, 15) is 14.0 Å². The van der Waals surface area contributed by atoms with Crippen LogP contribution >= 0.6 is 0 Å². The molecule has 0 saturated carbocycles. The van der Waals surface area contributed by atoms with Crippen molar-refractivity contribution in [2.45, 2.75) is 40.2 Å². The van der Waals surface area contributed by atoms with Crippen molar-refractivity contribution in [3.63, 3.8) is 0 Å². The smallest absolute Gasteiger partial charge is 0.309 e. The van der Waals surface area contributed by atoms with Crippen LogP contribution in [-0.4, -0.2) is 37.0 Å². The Balaban J connectivity index is 1.87. The van der Waals surface area contributed by atoms with Gasteiger partial charge in [-0.1, -0.05) is 20.8 Å². The number of methoxy groups -OCH3 is 1. The Hall–Kier alpha value is -2.11. The van der Waals surface area contributed by atoms with Gasteiger partial charge in [-0.05, 0) is 31.0 Å². The van der Waals surface area contributed by atoms with Crippen LogP contribution in [0.2, 0.25) is 0 Å². The number of ether oxygens (including phenoxy) is 2. The van der Waals surface area contributed by atoms with Crippen LogP contribution in [0.15, 0.2) is 18.2 Å². The summed E-state index contributed by atoms with van der Waals surface area (Å²) in [6.45, 7) is 6.76. The van der Waals surface area contributed by atoms with E-state index in [0.717, 1.165) is 0 Å². The molecule has 1 aliphatic rings. The van der Waals surface area contributed by atoms with Crippen molar-refractivity contribution in [3.05, 3.63) is 29.6 Å². The second kappa shape index (κ2) is 7.85. The predicted octanol–water partition coefficient (Wildman–Crippen LogP) is 3.16. The van der Waals surface area contributed by atoms with Gasteiger partial charge in [0.25, 0.3) is 0 Å². The third-order valence-electron chi connectivity index (χ3n) is 4.37. The average molecular weight is 351 g/mol. The maximum absolute atomic E-state index is 13.3. The lowest BCUT2D eigenvalue weighted by atomic mass is 9.91. The lowest BCUT2D eigenvalue weighted by Gasteiger charge is -2.35. The van der Waals surface area contributed by atoms with E-state index < -0.39 is 11.2 Å². The summed E-state index contributed by atoms with van der Waals surface area (Å²) in [4.78, 5) is 26.3. The normalized spacial score (nSPS) is 15.8. The van der Waals surface area contributed by atoms with Gasteiger partial charge in [-0.3, -0.25) is 9.59 Å². The van der Waals surface area contributed by atoms with E-state index in [1.807, 2.05) is 20.8 Å². The molecule has 0 N–H and O–H groups in total. The molecule has 1 saturated heterocycles. The third kappa shape index (κ3) is 4.94. The number of carbonyl (C=O) groups excluding carboxylic acids is 2. The first kappa shape index (κ1) is 19.2. The van der Waals surface area contributed by atoms with Gasteiger partial charge in [0.1, 0.15) is 18.2 Å². The number of esters is 1. The van der Waals surface area contributed by atoms with Crippen molar-refractivity contribution in [1.82, 2.24) is 4.90 Å². The number of nitrogens with zero attached hydrogens (tertiary/aromatic N) is 1. The summed E-state index contributed by atoms with van der Waals surface area (Å²) >= 11 is 0. The van der Waals surface area contributed by atoms with Crippen LogP contribution in [0.5, 0.6) is 5.75 Å². The van der Waals surface area contributed by atoms with Gasteiger partial charge in [-0.25, -0.2) is 4.39 Å². The van der Waals surface area contributed by atoms with Crippen molar-refractivity contribution >= 4 is 11.9 Å². The molecule has 0 aliphatic carbocycles. The Morgan fingerprint density at radius 1 is 1.24 bits per heavy atom. The van der Waals surface area contributed by atoms with Crippen molar-refractivity contribution < 1.29 is 23.5 Å². The molecule has 1 fully saturated rings. The van der Waals surface area contributed by atoms with Crippen LogP contribution < -0.4 is 4.74 Å². The molecule has 0 unspecified atom stereocenters. The Kier molecular flexibility index (Phi) is 6.03. The molecule has 0 aromatic heterocycles. The zero-order valence-electron chi connectivity index (χ0n) is 15.3. The molecule has 2 rings (SSSR count). The van der Waals surface area contributed by atoms with E-state index in [1.165, 1.54) is 25.3 Å².